The number of carbonyl (C=O) groups is 1. The first-order chi connectivity index (χ1) is 9.20. The summed E-state index contributed by atoms with van der Waals surface area (Å²) in [5.74, 6) is 0.0569. The standard InChI is InChI=1S/C16H32N2O/c1-4-6-7-8-9-10-11-12-14-16(19)18-17-15(3)13-5-2/h4-14H2,1-3H3,(H,18,19). The van der Waals surface area contributed by atoms with Crippen LogP contribution in [-0.4, -0.2) is 11.6 Å². The summed E-state index contributed by atoms with van der Waals surface area (Å²) in [6.45, 7) is 6.31. The van der Waals surface area contributed by atoms with Crippen LogP contribution >= 0.6 is 0 Å². The van der Waals surface area contributed by atoms with Crippen molar-refractivity contribution in [3.63, 3.8) is 0 Å². The lowest BCUT2D eigenvalue weighted by Gasteiger charge is -2.02. The van der Waals surface area contributed by atoms with E-state index in [0.717, 1.165) is 31.4 Å². The summed E-state index contributed by atoms with van der Waals surface area (Å²) in [7, 11) is 0. The highest BCUT2D eigenvalue weighted by Gasteiger charge is 2.00. The first kappa shape index (κ1) is 18.1. The normalized spacial score (nSPS) is 11.6. The van der Waals surface area contributed by atoms with Crippen molar-refractivity contribution in [2.24, 2.45) is 5.10 Å². The summed E-state index contributed by atoms with van der Waals surface area (Å²) in [5, 5.41) is 4.08. The molecule has 0 aromatic heterocycles. The molecule has 1 N–H and O–H groups in total. The molecule has 0 spiro atoms. The Balaban J connectivity index is 3.36. The van der Waals surface area contributed by atoms with Crippen molar-refractivity contribution >= 4 is 11.6 Å². The molecule has 0 atom stereocenters. The van der Waals surface area contributed by atoms with E-state index >= 15 is 0 Å². The van der Waals surface area contributed by atoms with Gasteiger partial charge in [0, 0.05) is 12.1 Å². The summed E-state index contributed by atoms with van der Waals surface area (Å²) in [4.78, 5) is 11.5. The van der Waals surface area contributed by atoms with E-state index in [2.05, 4.69) is 24.4 Å². The van der Waals surface area contributed by atoms with Crippen LogP contribution in [0.15, 0.2) is 5.10 Å². The van der Waals surface area contributed by atoms with Crippen molar-refractivity contribution in [2.45, 2.75) is 91.4 Å². The van der Waals surface area contributed by atoms with Crippen LogP contribution < -0.4 is 5.43 Å². The highest BCUT2D eigenvalue weighted by Crippen LogP contribution is 2.09. The van der Waals surface area contributed by atoms with Gasteiger partial charge in [0.15, 0.2) is 0 Å². The zero-order valence-corrected chi connectivity index (χ0v) is 13.1. The van der Waals surface area contributed by atoms with Gasteiger partial charge in [0.05, 0.1) is 0 Å². The van der Waals surface area contributed by atoms with Crippen LogP contribution in [0.3, 0.4) is 0 Å². The molecule has 3 nitrogen and oxygen atoms in total. The van der Waals surface area contributed by atoms with Crippen LogP contribution in [0.2, 0.25) is 0 Å². The predicted octanol–water partition coefficient (Wildman–Crippen LogP) is 4.81. The van der Waals surface area contributed by atoms with Crippen LogP contribution in [0, 0.1) is 0 Å². The summed E-state index contributed by atoms with van der Waals surface area (Å²) >= 11 is 0. The van der Waals surface area contributed by atoms with Gasteiger partial charge in [-0.3, -0.25) is 4.79 Å². The van der Waals surface area contributed by atoms with Crippen molar-refractivity contribution in [3.05, 3.63) is 0 Å². The van der Waals surface area contributed by atoms with Crippen LogP contribution in [-0.2, 0) is 4.79 Å². The Bertz CT molecular complexity index is 249. The monoisotopic (exact) mass is 268 g/mol. The number of unbranched alkanes of at least 4 members (excludes halogenated alkanes) is 7. The minimum atomic E-state index is 0.0569. The molecule has 0 aromatic carbocycles. The van der Waals surface area contributed by atoms with Crippen LogP contribution in [0.25, 0.3) is 0 Å². The quantitative estimate of drug-likeness (QED) is 0.308. The Labute approximate surface area is 119 Å². The van der Waals surface area contributed by atoms with E-state index in [0.29, 0.717) is 6.42 Å². The molecule has 0 aliphatic heterocycles. The smallest absolute Gasteiger partial charge is 0.240 e. The summed E-state index contributed by atoms with van der Waals surface area (Å²) < 4.78 is 0. The summed E-state index contributed by atoms with van der Waals surface area (Å²) in [5.41, 5.74) is 3.64. The topological polar surface area (TPSA) is 41.5 Å². The fourth-order valence-corrected chi connectivity index (χ4v) is 2.05. The zero-order valence-electron chi connectivity index (χ0n) is 13.1. The van der Waals surface area contributed by atoms with Gasteiger partial charge in [-0.1, -0.05) is 65.2 Å². The van der Waals surface area contributed by atoms with E-state index in [1.165, 1.54) is 38.5 Å². The third-order valence-electron chi connectivity index (χ3n) is 3.24. The average Bonchev–Trinajstić information content (AvgIpc) is 2.40. The molecule has 0 fully saturated rings. The second-order valence-electron chi connectivity index (χ2n) is 5.36. The Kier molecular flexibility index (Phi) is 13.0. The van der Waals surface area contributed by atoms with Crippen LogP contribution in [0.5, 0.6) is 0 Å². The molecular formula is C16H32N2O. The average molecular weight is 268 g/mol. The summed E-state index contributed by atoms with van der Waals surface area (Å²) in [6.07, 6.45) is 12.7. The fraction of sp³-hybridized carbons (Fsp3) is 0.875. The Morgan fingerprint density at radius 1 is 0.842 bits per heavy atom. The number of hydrazone groups is 1. The third-order valence-corrected chi connectivity index (χ3v) is 3.24. The third kappa shape index (κ3) is 13.4. The molecule has 19 heavy (non-hydrogen) atoms. The van der Waals surface area contributed by atoms with Crippen molar-refractivity contribution in [3.8, 4) is 0 Å². The molecule has 0 rings (SSSR count). The fourth-order valence-electron chi connectivity index (χ4n) is 2.05. The minimum Gasteiger partial charge on any atom is -0.273 e. The number of carbonyl (C=O) groups excluding carboxylic acids is 1. The molecule has 0 bridgehead atoms. The van der Waals surface area contributed by atoms with Crippen molar-refractivity contribution in [1.29, 1.82) is 0 Å². The van der Waals surface area contributed by atoms with Gasteiger partial charge in [0.1, 0.15) is 0 Å². The molecule has 112 valence electrons. The molecule has 1 amide bonds. The first-order valence-electron chi connectivity index (χ1n) is 8.02. The van der Waals surface area contributed by atoms with Gasteiger partial charge in [-0.05, 0) is 19.8 Å². The first-order valence-corrected chi connectivity index (χ1v) is 8.02. The molecule has 0 unspecified atom stereocenters. The van der Waals surface area contributed by atoms with E-state index in [1.807, 2.05) is 6.92 Å². The summed E-state index contributed by atoms with van der Waals surface area (Å²) in [6, 6.07) is 0. The van der Waals surface area contributed by atoms with Gasteiger partial charge in [-0.2, -0.15) is 5.10 Å². The van der Waals surface area contributed by atoms with E-state index in [1.54, 1.807) is 0 Å². The van der Waals surface area contributed by atoms with Crippen LogP contribution in [0.4, 0.5) is 0 Å². The van der Waals surface area contributed by atoms with Crippen molar-refractivity contribution < 1.29 is 4.79 Å². The number of nitrogens with one attached hydrogen (secondary N) is 1. The maximum absolute atomic E-state index is 11.5. The van der Waals surface area contributed by atoms with Gasteiger partial charge >= 0.3 is 0 Å². The molecule has 0 saturated heterocycles. The Hall–Kier alpha value is -0.860. The van der Waals surface area contributed by atoms with Gasteiger partial charge in [-0.25, -0.2) is 5.43 Å². The maximum atomic E-state index is 11.5. The molecule has 0 saturated carbocycles. The number of hydrogen-bond donors (Lipinski definition) is 1. The molecule has 0 heterocycles. The number of hydrogen-bond acceptors (Lipinski definition) is 2. The van der Waals surface area contributed by atoms with Gasteiger partial charge in [-0.15, -0.1) is 0 Å². The second kappa shape index (κ2) is 13.6. The Morgan fingerprint density at radius 3 is 2.00 bits per heavy atom. The van der Waals surface area contributed by atoms with E-state index in [9.17, 15) is 4.79 Å². The highest BCUT2D eigenvalue weighted by molar-refractivity contribution is 5.84. The lowest BCUT2D eigenvalue weighted by molar-refractivity contribution is -0.121. The van der Waals surface area contributed by atoms with Gasteiger partial charge in [0.25, 0.3) is 0 Å². The van der Waals surface area contributed by atoms with E-state index in [4.69, 9.17) is 0 Å². The van der Waals surface area contributed by atoms with Crippen molar-refractivity contribution in [2.75, 3.05) is 0 Å². The lowest BCUT2D eigenvalue weighted by Crippen LogP contribution is -2.18. The second-order valence-corrected chi connectivity index (χ2v) is 5.36. The Morgan fingerprint density at radius 2 is 1.42 bits per heavy atom. The molecule has 0 radical (unpaired) electrons. The van der Waals surface area contributed by atoms with Crippen molar-refractivity contribution in [1.82, 2.24) is 5.43 Å². The highest BCUT2D eigenvalue weighted by atomic mass is 16.2. The number of nitrogens with zero attached hydrogens (tertiary/aromatic N) is 1. The SMILES string of the molecule is CCCCCCCCCCC(=O)NN=C(C)CCC. The molecule has 3 heteroatoms. The molecule has 0 aliphatic rings. The molecular weight excluding hydrogens is 236 g/mol. The molecule has 0 aromatic rings. The largest absolute Gasteiger partial charge is 0.273 e. The maximum Gasteiger partial charge on any atom is 0.240 e. The zero-order chi connectivity index (χ0) is 14.3. The van der Waals surface area contributed by atoms with E-state index < -0.39 is 0 Å². The predicted molar refractivity (Wildman–Crippen MR) is 83.4 cm³/mol. The number of amides is 1. The number of rotatable bonds is 12. The van der Waals surface area contributed by atoms with Gasteiger partial charge < -0.3 is 0 Å². The molecule has 0 aliphatic carbocycles. The lowest BCUT2D eigenvalue weighted by atomic mass is 10.1. The van der Waals surface area contributed by atoms with Gasteiger partial charge in [0.2, 0.25) is 5.91 Å². The van der Waals surface area contributed by atoms with E-state index in [-0.39, 0.29) is 5.91 Å². The van der Waals surface area contributed by atoms with Crippen LogP contribution in [0.1, 0.15) is 91.4 Å². The minimum absolute atomic E-state index is 0.0569.